The van der Waals surface area contributed by atoms with Crippen LogP contribution in [0, 0.1) is 11.7 Å². The lowest BCUT2D eigenvalue weighted by Gasteiger charge is -2.27. The average molecular weight is 252 g/mol. The normalized spacial score (nSPS) is 25.8. The van der Waals surface area contributed by atoms with Crippen LogP contribution in [0.1, 0.15) is 51.2 Å². The lowest BCUT2D eigenvalue weighted by molar-refractivity contribution is 0.128. The highest BCUT2D eigenvalue weighted by molar-refractivity contribution is 5.30. The highest BCUT2D eigenvalue weighted by Gasteiger charge is 2.20. The third-order valence-corrected chi connectivity index (χ3v) is 3.61. The van der Waals surface area contributed by atoms with E-state index in [1.165, 1.54) is 18.9 Å². The standard InChI is InChI=1S/C15H21FO2/c1-10-4-3-5-12(8-10)18-13-6-7-14(11(2)17)15(16)9-13/h6-7,9-12,17H,3-5,8H2,1-2H3/t10?,11-,12?/m1/s1. The van der Waals surface area contributed by atoms with Crippen LogP contribution < -0.4 is 4.74 Å². The zero-order chi connectivity index (χ0) is 13.1. The molecule has 0 spiro atoms. The Labute approximate surface area is 108 Å². The topological polar surface area (TPSA) is 29.5 Å². The Kier molecular flexibility index (Phi) is 4.23. The molecule has 0 bridgehead atoms. The highest BCUT2D eigenvalue weighted by atomic mass is 19.1. The number of halogens is 1. The van der Waals surface area contributed by atoms with Crippen LogP contribution in [0.15, 0.2) is 18.2 Å². The minimum absolute atomic E-state index is 0.200. The fourth-order valence-electron chi connectivity index (χ4n) is 2.60. The monoisotopic (exact) mass is 252 g/mol. The minimum atomic E-state index is -0.784. The number of benzene rings is 1. The molecule has 1 N–H and O–H groups in total. The maximum absolute atomic E-state index is 13.7. The van der Waals surface area contributed by atoms with Gasteiger partial charge in [-0.2, -0.15) is 0 Å². The van der Waals surface area contributed by atoms with E-state index in [-0.39, 0.29) is 6.10 Å². The molecular formula is C15H21FO2. The van der Waals surface area contributed by atoms with Crippen LogP contribution in [0.4, 0.5) is 4.39 Å². The zero-order valence-electron chi connectivity index (χ0n) is 11.0. The summed E-state index contributed by atoms with van der Waals surface area (Å²) in [6.07, 6.45) is 3.94. The van der Waals surface area contributed by atoms with Crippen LogP contribution in [0.5, 0.6) is 5.75 Å². The van der Waals surface area contributed by atoms with Crippen molar-refractivity contribution in [2.75, 3.05) is 0 Å². The summed E-state index contributed by atoms with van der Waals surface area (Å²) in [5, 5.41) is 9.37. The van der Waals surface area contributed by atoms with E-state index in [1.54, 1.807) is 19.1 Å². The number of hydrogen-bond donors (Lipinski definition) is 1. The van der Waals surface area contributed by atoms with Crippen molar-refractivity contribution in [2.24, 2.45) is 5.92 Å². The van der Waals surface area contributed by atoms with Crippen molar-refractivity contribution in [2.45, 2.75) is 51.7 Å². The summed E-state index contributed by atoms with van der Waals surface area (Å²) in [5.41, 5.74) is 0.319. The van der Waals surface area contributed by atoms with Crippen molar-refractivity contribution in [3.8, 4) is 5.75 Å². The van der Waals surface area contributed by atoms with Crippen LogP contribution in [-0.4, -0.2) is 11.2 Å². The Balaban J connectivity index is 2.03. The lowest BCUT2D eigenvalue weighted by Crippen LogP contribution is -2.24. The molecule has 1 aromatic rings. The van der Waals surface area contributed by atoms with E-state index in [4.69, 9.17) is 4.74 Å². The van der Waals surface area contributed by atoms with Gasteiger partial charge >= 0.3 is 0 Å². The van der Waals surface area contributed by atoms with Crippen LogP contribution >= 0.6 is 0 Å². The molecule has 1 saturated carbocycles. The van der Waals surface area contributed by atoms with Crippen molar-refractivity contribution < 1.29 is 14.2 Å². The van der Waals surface area contributed by atoms with Gasteiger partial charge in [0, 0.05) is 11.6 Å². The molecule has 100 valence electrons. The highest BCUT2D eigenvalue weighted by Crippen LogP contribution is 2.28. The van der Waals surface area contributed by atoms with Gasteiger partial charge in [0.2, 0.25) is 0 Å². The molecule has 18 heavy (non-hydrogen) atoms. The minimum Gasteiger partial charge on any atom is -0.490 e. The second-order valence-electron chi connectivity index (χ2n) is 5.37. The van der Waals surface area contributed by atoms with E-state index in [1.807, 2.05) is 0 Å². The van der Waals surface area contributed by atoms with Gasteiger partial charge in [-0.25, -0.2) is 4.39 Å². The van der Waals surface area contributed by atoms with E-state index in [0.29, 0.717) is 17.2 Å². The van der Waals surface area contributed by atoms with Crippen molar-refractivity contribution in [3.63, 3.8) is 0 Å². The molecule has 2 unspecified atom stereocenters. The fourth-order valence-corrected chi connectivity index (χ4v) is 2.60. The first kappa shape index (κ1) is 13.3. The molecule has 3 atom stereocenters. The van der Waals surface area contributed by atoms with E-state index < -0.39 is 11.9 Å². The Bertz CT molecular complexity index is 403. The molecule has 0 saturated heterocycles. The van der Waals surface area contributed by atoms with Crippen LogP contribution in [0.25, 0.3) is 0 Å². The maximum Gasteiger partial charge on any atom is 0.132 e. The van der Waals surface area contributed by atoms with Crippen LogP contribution in [0.3, 0.4) is 0 Å². The molecule has 2 rings (SSSR count). The summed E-state index contributed by atoms with van der Waals surface area (Å²) >= 11 is 0. The Morgan fingerprint density at radius 2 is 2.17 bits per heavy atom. The van der Waals surface area contributed by atoms with Gasteiger partial charge in [0.15, 0.2) is 0 Å². The summed E-state index contributed by atoms with van der Waals surface area (Å²) in [6.45, 7) is 3.79. The first-order valence-electron chi connectivity index (χ1n) is 6.70. The fraction of sp³-hybridized carbons (Fsp3) is 0.600. The molecule has 0 aliphatic heterocycles. The molecule has 0 heterocycles. The predicted octanol–water partition coefficient (Wildman–Crippen LogP) is 3.84. The molecule has 2 nitrogen and oxygen atoms in total. The quantitative estimate of drug-likeness (QED) is 0.885. The maximum atomic E-state index is 13.7. The number of aliphatic hydroxyl groups excluding tert-OH is 1. The van der Waals surface area contributed by atoms with Gasteiger partial charge in [0.05, 0.1) is 12.2 Å². The summed E-state index contributed by atoms with van der Waals surface area (Å²) in [6, 6.07) is 4.72. The molecule has 0 radical (unpaired) electrons. The smallest absolute Gasteiger partial charge is 0.132 e. The molecule has 3 heteroatoms. The molecule has 1 aliphatic carbocycles. The van der Waals surface area contributed by atoms with E-state index in [2.05, 4.69) is 6.92 Å². The van der Waals surface area contributed by atoms with Gasteiger partial charge in [-0.1, -0.05) is 13.3 Å². The van der Waals surface area contributed by atoms with Crippen LogP contribution in [-0.2, 0) is 0 Å². The van der Waals surface area contributed by atoms with E-state index in [9.17, 15) is 9.50 Å². The van der Waals surface area contributed by atoms with Gasteiger partial charge in [-0.15, -0.1) is 0 Å². The average Bonchev–Trinajstić information content (AvgIpc) is 2.28. The summed E-state index contributed by atoms with van der Waals surface area (Å²) in [4.78, 5) is 0. The van der Waals surface area contributed by atoms with Crippen LogP contribution in [0.2, 0.25) is 0 Å². The Morgan fingerprint density at radius 3 is 2.78 bits per heavy atom. The van der Waals surface area contributed by atoms with Crippen molar-refractivity contribution >= 4 is 0 Å². The third-order valence-electron chi connectivity index (χ3n) is 3.61. The van der Waals surface area contributed by atoms with E-state index in [0.717, 1.165) is 12.8 Å². The molecular weight excluding hydrogens is 231 g/mol. The van der Waals surface area contributed by atoms with E-state index >= 15 is 0 Å². The summed E-state index contributed by atoms with van der Waals surface area (Å²) in [7, 11) is 0. The van der Waals surface area contributed by atoms with Crippen molar-refractivity contribution in [3.05, 3.63) is 29.6 Å². The van der Waals surface area contributed by atoms with Crippen molar-refractivity contribution in [1.82, 2.24) is 0 Å². The zero-order valence-corrected chi connectivity index (χ0v) is 11.0. The van der Waals surface area contributed by atoms with Gasteiger partial charge in [0.1, 0.15) is 11.6 Å². The Morgan fingerprint density at radius 1 is 1.39 bits per heavy atom. The molecule has 1 aliphatic rings. The molecule has 1 aromatic carbocycles. The molecule has 1 fully saturated rings. The summed E-state index contributed by atoms with van der Waals surface area (Å²) in [5.74, 6) is 0.854. The van der Waals surface area contributed by atoms with Gasteiger partial charge in [-0.05, 0) is 44.2 Å². The first-order valence-corrected chi connectivity index (χ1v) is 6.70. The van der Waals surface area contributed by atoms with Crippen molar-refractivity contribution in [1.29, 1.82) is 0 Å². The number of ether oxygens (including phenoxy) is 1. The number of rotatable bonds is 3. The predicted molar refractivity (Wildman–Crippen MR) is 69.1 cm³/mol. The van der Waals surface area contributed by atoms with Gasteiger partial charge < -0.3 is 9.84 Å². The molecule has 0 aromatic heterocycles. The lowest BCUT2D eigenvalue weighted by atomic mass is 9.89. The largest absolute Gasteiger partial charge is 0.490 e. The number of hydrogen-bond acceptors (Lipinski definition) is 2. The second kappa shape index (κ2) is 5.70. The first-order chi connectivity index (χ1) is 8.56. The van der Waals surface area contributed by atoms with Gasteiger partial charge in [0.25, 0.3) is 0 Å². The third kappa shape index (κ3) is 3.22. The van der Waals surface area contributed by atoms with Gasteiger partial charge in [-0.3, -0.25) is 0 Å². The SMILES string of the molecule is CC1CCCC(Oc2ccc([C@@H](C)O)c(F)c2)C1. The number of aliphatic hydroxyl groups is 1. The Hall–Kier alpha value is -1.09. The second-order valence-corrected chi connectivity index (χ2v) is 5.37. The summed E-state index contributed by atoms with van der Waals surface area (Å²) < 4.78 is 19.5. The molecule has 0 amide bonds.